The van der Waals surface area contributed by atoms with E-state index in [0.29, 0.717) is 32.6 Å². The number of fused-ring (bicyclic) bond motifs is 2. The van der Waals surface area contributed by atoms with Gasteiger partial charge in [0, 0.05) is 27.6 Å². The molecule has 0 spiro atoms. The van der Waals surface area contributed by atoms with E-state index in [1.54, 1.807) is 66.7 Å². The third-order valence-corrected chi connectivity index (χ3v) is 9.37. The highest BCUT2D eigenvalue weighted by Crippen LogP contribution is 2.48. The number of para-hydroxylation sites is 2. The summed E-state index contributed by atoms with van der Waals surface area (Å²) in [5, 5.41) is 14.0. The van der Waals surface area contributed by atoms with Gasteiger partial charge in [-0.25, -0.2) is 15.0 Å². The molecule has 2 aromatic heterocycles. The van der Waals surface area contributed by atoms with Gasteiger partial charge in [0.1, 0.15) is 10.5 Å². The summed E-state index contributed by atoms with van der Waals surface area (Å²) in [7, 11) is 0. The van der Waals surface area contributed by atoms with E-state index in [9.17, 15) is 19.7 Å². The second-order valence-electron chi connectivity index (χ2n) is 10.6. The van der Waals surface area contributed by atoms with E-state index in [0.717, 1.165) is 22.7 Å². The Bertz CT molecular complexity index is 2320. The van der Waals surface area contributed by atoms with Gasteiger partial charge in [-0.3, -0.25) is 19.7 Å². The summed E-state index contributed by atoms with van der Waals surface area (Å²) in [5.74, 6) is -0.366. The number of aryl methyl sites for hydroxylation is 1. The van der Waals surface area contributed by atoms with Gasteiger partial charge in [0.05, 0.1) is 31.8 Å². The molecule has 1 aliphatic rings. The quantitative estimate of drug-likeness (QED) is 0.0792. The number of pyridine rings is 1. The summed E-state index contributed by atoms with van der Waals surface area (Å²) in [6.07, 6.45) is 1.46. The van der Waals surface area contributed by atoms with Crippen LogP contribution in [0.5, 0.6) is 0 Å². The molecular formula is C34H21Cl2N5O4S. The van der Waals surface area contributed by atoms with Gasteiger partial charge in [0.2, 0.25) is 0 Å². The lowest BCUT2D eigenvalue weighted by atomic mass is 10.1. The maximum Gasteiger partial charge on any atom is 0.280 e. The van der Waals surface area contributed by atoms with Crippen LogP contribution < -0.4 is 10.6 Å². The van der Waals surface area contributed by atoms with Gasteiger partial charge in [-0.2, -0.15) is 4.68 Å². The van der Waals surface area contributed by atoms with Crippen LogP contribution in [-0.4, -0.2) is 25.5 Å². The Morgan fingerprint density at radius 3 is 2.41 bits per heavy atom. The Hall–Kier alpha value is -5.03. The van der Waals surface area contributed by atoms with Gasteiger partial charge in [-0.1, -0.05) is 70.9 Å². The lowest BCUT2D eigenvalue weighted by Crippen LogP contribution is -2.46. The average Bonchev–Trinajstić information content (AvgIpc) is 3.36. The van der Waals surface area contributed by atoms with Crippen LogP contribution in [-0.2, 0) is 4.79 Å². The second kappa shape index (κ2) is 11.7. The van der Waals surface area contributed by atoms with Crippen molar-refractivity contribution in [3.63, 3.8) is 0 Å². The summed E-state index contributed by atoms with van der Waals surface area (Å²) in [5.41, 5.74) is 2.73. The Morgan fingerprint density at radius 1 is 0.891 bits per heavy atom. The van der Waals surface area contributed by atoms with Gasteiger partial charge in [-0.05, 0) is 73.7 Å². The van der Waals surface area contributed by atoms with E-state index < -0.39 is 21.8 Å². The number of carbonyl (C=O) groups is 1. The van der Waals surface area contributed by atoms with Gasteiger partial charge in [0.25, 0.3) is 17.2 Å². The topological polar surface area (TPSA) is 111 Å². The van der Waals surface area contributed by atoms with E-state index in [-0.39, 0.29) is 27.1 Å². The number of halogens is 2. The van der Waals surface area contributed by atoms with Crippen LogP contribution in [0, 0.1) is 17.0 Å². The molecule has 1 aliphatic heterocycles. The molecule has 1 saturated heterocycles. The molecule has 9 nitrogen and oxygen atoms in total. The maximum absolute atomic E-state index is 14.5. The molecule has 7 rings (SSSR count). The molecule has 3 heterocycles. The number of hydrogen-bond donors (Lipinski definition) is 0. The lowest BCUT2D eigenvalue weighted by molar-refractivity contribution is -0.385. The van der Waals surface area contributed by atoms with E-state index in [1.807, 2.05) is 31.2 Å². The smallest absolute Gasteiger partial charge is 0.267 e. The summed E-state index contributed by atoms with van der Waals surface area (Å²) in [4.78, 5) is 49.8. The van der Waals surface area contributed by atoms with E-state index in [2.05, 4.69) is 4.98 Å². The Balaban J connectivity index is 1.51. The summed E-state index contributed by atoms with van der Waals surface area (Å²) >= 11 is 14.1. The highest BCUT2D eigenvalue weighted by Gasteiger charge is 2.42. The van der Waals surface area contributed by atoms with Crippen molar-refractivity contribution in [1.29, 1.82) is 0 Å². The largest absolute Gasteiger partial charge is 0.280 e. The fraction of sp³-hybridized carbons (Fsp3) is 0.0588. The van der Waals surface area contributed by atoms with Crippen LogP contribution >= 0.6 is 35.0 Å². The first-order chi connectivity index (χ1) is 22.2. The van der Waals surface area contributed by atoms with Crippen molar-refractivity contribution in [3.8, 4) is 11.4 Å². The number of benzene rings is 4. The molecule has 0 saturated carbocycles. The lowest BCUT2D eigenvalue weighted by Gasteiger charge is -2.28. The molecule has 1 unspecified atom stereocenters. The van der Waals surface area contributed by atoms with Crippen molar-refractivity contribution < 1.29 is 9.72 Å². The number of nitro benzene ring substituents is 1. The van der Waals surface area contributed by atoms with Crippen LogP contribution in [0.25, 0.3) is 39.3 Å². The Kier molecular flexibility index (Phi) is 7.56. The van der Waals surface area contributed by atoms with Gasteiger partial charge in [-0.15, -0.1) is 0 Å². The molecule has 226 valence electrons. The molecule has 0 bridgehead atoms. The number of thioether (sulfide) groups is 1. The highest BCUT2D eigenvalue weighted by molar-refractivity contribution is 8.05. The number of nitrogens with zero attached hydrogens (tertiary/aromatic N) is 5. The number of amides is 1. The molecule has 46 heavy (non-hydrogen) atoms. The van der Waals surface area contributed by atoms with Crippen molar-refractivity contribution >= 4 is 74.4 Å². The molecule has 12 heteroatoms. The summed E-state index contributed by atoms with van der Waals surface area (Å²) < 4.78 is 1.25. The van der Waals surface area contributed by atoms with E-state index in [4.69, 9.17) is 28.2 Å². The molecule has 1 fully saturated rings. The van der Waals surface area contributed by atoms with Gasteiger partial charge in [0.15, 0.2) is 5.82 Å². The minimum atomic E-state index is -0.891. The molecule has 0 aliphatic carbocycles. The monoisotopic (exact) mass is 665 g/mol. The SMILES string of the molecule is Cc1ccc2nc(Cl)c(C3SC(=Cc4ccccc4[N+](=O)[O-])C(=O)N3n3c(-c4ccc(Cl)cc4)nc4ccccc4c3=O)cc2c1. The van der Waals surface area contributed by atoms with Crippen molar-refractivity contribution in [3.05, 3.63) is 149 Å². The number of nitro groups is 1. The Morgan fingerprint density at radius 2 is 1.63 bits per heavy atom. The standard InChI is InChI=1S/C34H21Cl2N5O4S/c1-19-10-15-26-22(16-19)17-25(30(36)37-26)34-40(33(43)29(46-34)18-21-6-2-5-9-28(21)41(44)45)39-31(20-11-13-23(35)14-12-20)38-27-8-4-3-7-24(27)32(39)42/h2-18,34H,1H3. The van der Waals surface area contributed by atoms with Crippen LogP contribution in [0.3, 0.4) is 0 Å². The fourth-order valence-electron chi connectivity index (χ4n) is 5.42. The first-order valence-electron chi connectivity index (χ1n) is 14.0. The first-order valence-corrected chi connectivity index (χ1v) is 15.6. The number of aromatic nitrogens is 3. The van der Waals surface area contributed by atoms with Crippen LogP contribution in [0.4, 0.5) is 5.69 Å². The molecule has 1 amide bonds. The third-order valence-electron chi connectivity index (χ3n) is 7.59. The number of rotatable bonds is 5. The molecule has 0 N–H and O–H groups in total. The van der Waals surface area contributed by atoms with Crippen LogP contribution in [0.15, 0.2) is 107 Å². The van der Waals surface area contributed by atoms with Crippen LogP contribution in [0.2, 0.25) is 10.2 Å². The zero-order chi connectivity index (χ0) is 32.1. The molecular weight excluding hydrogens is 645 g/mol. The Labute approximate surface area is 275 Å². The summed E-state index contributed by atoms with van der Waals surface area (Å²) in [6.45, 7) is 1.96. The van der Waals surface area contributed by atoms with Crippen molar-refractivity contribution in [2.24, 2.45) is 0 Å². The predicted octanol–water partition coefficient (Wildman–Crippen LogP) is 8.09. The summed E-state index contributed by atoms with van der Waals surface area (Å²) in [6, 6.07) is 27.4. The molecule has 1 atom stereocenters. The normalized spacial score (nSPS) is 15.7. The van der Waals surface area contributed by atoms with Crippen molar-refractivity contribution in [2.45, 2.75) is 12.3 Å². The second-order valence-corrected chi connectivity index (χ2v) is 12.5. The van der Waals surface area contributed by atoms with E-state index in [1.165, 1.54) is 21.8 Å². The third kappa shape index (κ3) is 5.20. The van der Waals surface area contributed by atoms with Crippen molar-refractivity contribution in [1.82, 2.24) is 14.6 Å². The number of hydrogen-bond acceptors (Lipinski definition) is 7. The fourth-order valence-corrected chi connectivity index (χ4v) is 7.08. The minimum Gasteiger partial charge on any atom is -0.267 e. The molecule has 0 radical (unpaired) electrons. The average molecular weight is 667 g/mol. The first kappa shape index (κ1) is 29.7. The molecule has 6 aromatic rings. The van der Waals surface area contributed by atoms with Crippen molar-refractivity contribution in [2.75, 3.05) is 5.01 Å². The van der Waals surface area contributed by atoms with Gasteiger partial charge >= 0.3 is 0 Å². The minimum absolute atomic E-state index is 0.147. The zero-order valence-electron chi connectivity index (χ0n) is 23.9. The van der Waals surface area contributed by atoms with E-state index >= 15 is 0 Å². The predicted molar refractivity (Wildman–Crippen MR) is 183 cm³/mol. The maximum atomic E-state index is 14.5. The zero-order valence-corrected chi connectivity index (χ0v) is 26.3. The van der Waals surface area contributed by atoms with Gasteiger partial charge < -0.3 is 0 Å². The molecule has 4 aromatic carbocycles. The highest BCUT2D eigenvalue weighted by atomic mass is 35.5. The van der Waals surface area contributed by atoms with Crippen LogP contribution in [0.1, 0.15) is 22.1 Å². The number of carbonyl (C=O) groups excluding carboxylic acids is 1.